The standard InChI is InChI=1S/C17H15Cl2NO4S/c1-17(11-6-10(18)5-9(7-21)15(11)23)20(14(22)8-25-17)13-4-2-3-12(19)16(13)24/h2-6,21,23-24H,7-8H2,1H3. The van der Waals surface area contributed by atoms with Gasteiger partial charge in [-0.2, -0.15) is 0 Å². The van der Waals surface area contributed by atoms with Crippen molar-refractivity contribution in [3.05, 3.63) is 51.5 Å². The Kier molecular flexibility index (Phi) is 4.81. The molecule has 2 aromatic carbocycles. The summed E-state index contributed by atoms with van der Waals surface area (Å²) in [5.41, 5.74) is 0.883. The van der Waals surface area contributed by atoms with Gasteiger partial charge in [-0.3, -0.25) is 9.69 Å². The molecule has 0 bridgehead atoms. The largest absolute Gasteiger partial charge is 0.507 e. The minimum absolute atomic E-state index is 0.121. The van der Waals surface area contributed by atoms with Gasteiger partial charge in [0.05, 0.1) is 23.1 Å². The van der Waals surface area contributed by atoms with E-state index in [1.165, 1.54) is 28.8 Å². The molecule has 0 saturated carbocycles. The molecule has 0 spiro atoms. The molecule has 1 aliphatic rings. The van der Waals surface area contributed by atoms with Crippen molar-refractivity contribution in [2.75, 3.05) is 10.7 Å². The molecule has 8 heteroatoms. The summed E-state index contributed by atoms with van der Waals surface area (Å²) in [7, 11) is 0. The molecule has 1 aliphatic heterocycles. The van der Waals surface area contributed by atoms with Gasteiger partial charge in [-0.25, -0.2) is 0 Å². The number of aliphatic hydroxyl groups excluding tert-OH is 1. The molecule has 3 N–H and O–H groups in total. The quantitative estimate of drug-likeness (QED) is 0.729. The molecule has 1 atom stereocenters. The normalized spacial score (nSPS) is 20.3. The smallest absolute Gasteiger partial charge is 0.238 e. The van der Waals surface area contributed by atoms with Crippen LogP contribution in [-0.4, -0.2) is 27.0 Å². The number of phenols is 2. The highest BCUT2D eigenvalue weighted by Crippen LogP contribution is 2.53. The van der Waals surface area contributed by atoms with Crippen LogP contribution in [0.2, 0.25) is 10.0 Å². The average molecular weight is 400 g/mol. The van der Waals surface area contributed by atoms with E-state index in [4.69, 9.17) is 23.2 Å². The van der Waals surface area contributed by atoms with Gasteiger partial charge in [-0.1, -0.05) is 29.3 Å². The van der Waals surface area contributed by atoms with Gasteiger partial charge in [0.15, 0.2) is 5.75 Å². The minimum atomic E-state index is -1.03. The molecular weight excluding hydrogens is 385 g/mol. The van der Waals surface area contributed by atoms with E-state index in [1.807, 2.05) is 0 Å². The number of carbonyl (C=O) groups is 1. The fourth-order valence-electron chi connectivity index (χ4n) is 2.95. The third kappa shape index (κ3) is 2.93. The van der Waals surface area contributed by atoms with Gasteiger partial charge in [0, 0.05) is 16.1 Å². The molecule has 0 aromatic heterocycles. The number of thioether (sulfide) groups is 1. The van der Waals surface area contributed by atoms with Crippen molar-refractivity contribution in [3.8, 4) is 11.5 Å². The van der Waals surface area contributed by atoms with Crippen molar-refractivity contribution in [2.45, 2.75) is 18.4 Å². The van der Waals surface area contributed by atoms with Crippen LogP contribution in [0.25, 0.3) is 0 Å². The third-order valence-corrected chi connectivity index (χ3v) is 6.06. The maximum Gasteiger partial charge on any atom is 0.238 e. The summed E-state index contributed by atoms with van der Waals surface area (Å²) < 4.78 is 0. The topological polar surface area (TPSA) is 81.0 Å². The number of carbonyl (C=O) groups excluding carboxylic acids is 1. The van der Waals surface area contributed by atoms with Gasteiger partial charge < -0.3 is 15.3 Å². The fourth-order valence-corrected chi connectivity index (χ4v) is 4.53. The Morgan fingerprint density at radius 1 is 1.24 bits per heavy atom. The van der Waals surface area contributed by atoms with Crippen molar-refractivity contribution in [2.24, 2.45) is 0 Å². The summed E-state index contributed by atoms with van der Waals surface area (Å²) in [6, 6.07) is 7.75. The van der Waals surface area contributed by atoms with Crippen molar-refractivity contribution in [3.63, 3.8) is 0 Å². The predicted octanol–water partition coefficient (Wildman–Crippen LogP) is 3.85. The summed E-state index contributed by atoms with van der Waals surface area (Å²) in [6.45, 7) is 1.35. The maximum absolute atomic E-state index is 12.6. The van der Waals surface area contributed by atoms with E-state index < -0.39 is 11.5 Å². The number of aromatic hydroxyl groups is 2. The lowest BCUT2D eigenvalue weighted by atomic mass is 10.0. The Balaban J connectivity index is 2.22. The molecule has 132 valence electrons. The van der Waals surface area contributed by atoms with Gasteiger partial charge in [0.1, 0.15) is 10.6 Å². The number of halogens is 2. The lowest BCUT2D eigenvalue weighted by Gasteiger charge is -2.36. The lowest BCUT2D eigenvalue weighted by molar-refractivity contribution is -0.116. The number of hydrogen-bond acceptors (Lipinski definition) is 5. The van der Waals surface area contributed by atoms with E-state index in [2.05, 4.69) is 0 Å². The van der Waals surface area contributed by atoms with Crippen LogP contribution in [0.4, 0.5) is 5.69 Å². The van der Waals surface area contributed by atoms with Gasteiger partial charge in [0.25, 0.3) is 0 Å². The van der Waals surface area contributed by atoms with Crippen LogP contribution in [0, 0.1) is 0 Å². The zero-order valence-electron chi connectivity index (χ0n) is 13.2. The Hall–Kier alpha value is -1.60. The van der Waals surface area contributed by atoms with Crippen LogP contribution in [-0.2, 0) is 16.3 Å². The zero-order valence-corrected chi connectivity index (χ0v) is 15.5. The van der Waals surface area contributed by atoms with Gasteiger partial charge >= 0.3 is 0 Å². The molecule has 25 heavy (non-hydrogen) atoms. The number of rotatable bonds is 3. The first-order valence-corrected chi connectivity index (χ1v) is 9.11. The molecule has 2 aromatic rings. The number of anilines is 1. The Morgan fingerprint density at radius 2 is 1.96 bits per heavy atom. The SMILES string of the molecule is CC1(c2cc(Cl)cc(CO)c2O)SCC(=O)N1c1cccc(Cl)c1O. The van der Waals surface area contributed by atoms with Crippen molar-refractivity contribution in [1.82, 2.24) is 0 Å². The average Bonchev–Trinajstić information content (AvgIpc) is 2.88. The summed E-state index contributed by atoms with van der Waals surface area (Å²) in [5, 5.41) is 30.8. The molecule has 1 fully saturated rings. The zero-order chi connectivity index (χ0) is 18.4. The first-order valence-electron chi connectivity index (χ1n) is 7.36. The Bertz CT molecular complexity index is 861. The van der Waals surface area contributed by atoms with E-state index >= 15 is 0 Å². The number of amides is 1. The molecule has 1 amide bonds. The molecule has 1 heterocycles. The van der Waals surface area contributed by atoms with E-state index in [0.717, 1.165) is 0 Å². The Labute approximate surface area is 158 Å². The molecule has 5 nitrogen and oxygen atoms in total. The highest BCUT2D eigenvalue weighted by molar-refractivity contribution is 8.01. The van der Waals surface area contributed by atoms with E-state index in [9.17, 15) is 20.1 Å². The maximum atomic E-state index is 12.6. The van der Waals surface area contributed by atoms with Crippen LogP contribution >= 0.6 is 35.0 Å². The van der Waals surface area contributed by atoms with E-state index in [-0.39, 0.29) is 39.4 Å². The summed E-state index contributed by atoms with van der Waals surface area (Å²) in [4.78, 5) is 12.9. The number of nitrogens with zero attached hydrogens (tertiary/aromatic N) is 1. The highest BCUT2D eigenvalue weighted by atomic mass is 35.5. The summed E-state index contributed by atoms with van der Waals surface area (Å²) in [5.74, 6) is -0.434. The number of aliphatic hydroxyl groups is 1. The number of para-hydroxylation sites is 1. The number of hydrogen-bond donors (Lipinski definition) is 3. The van der Waals surface area contributed by atoms with E-state index in [1.54, 1.807) is 25.1 Å². The molecule has 1 unspecified atom stereocenters. The van der Waals surface area contributed by atoms with Crippen LogP contribution in [0.5, 0.6) is 11.5 Å². The number of phenolic OH excluding ortho intramolecular Hbond substituents is 1. The monoisotopic (exact) mass is 399 g/mol. The summed E-state index contributed by atoms with van der Waals surface area (Å²) >= 11 is 13.4. The molecular formula is C17H15Cl2NO4S. The van der Waals surface area contributed by atoms with Crippen LogP contribution in [0.1, 0.15) is 18.1 Å². The van der Waals surface area contributed by atoms with Gasteiger partial charge in [-0.15, -0.1) is 11.8 Å². The van der Waals surface area contributed by atoms with Gasteiger partial charge in [0.2, 0.25) is 5.91 Å². The predicted molar refractivity (Wildman–Crippen MR) is 99.5 cm³/mol. The second-order valence-electron chi connectivity index (χ2n) is 5.73. The van der Waals surface area contributed by atoms with Crippen molar-refractivity contribution in [1.29, 1.82) is 0 Å². The number of benzene rings is 2. The molecule has 3 rings (SSSR count). The molecule has 0 radical (unpaired) electrons. The second-order valence-corrected chi connectivity index (χ2v) is 7.94. The van der Waals surface area contributed by atoms with Gasteiger partial charge in [-0.05, 0) is 31.2 Å². The van der Waals surface area contributed by atoms with Crippen LogP contribution in [0.15, 0.2) is 30.3 Å². The first kappa shape index (κ1) is 18.2. The molecule has 1 saturated heterocycles. The minimum Gasteiger partial charge on any atom is -0.507 e. The lowest BCUT2D eigenvalue weighted by Crippen LogP contribution is -2.40. The van der Waals surface area contributed by atoms with Crippen LogP contribution in [0.3, 0.4) is 0 Å². The fraction of sp³-hybridized carbons (Fsp3) is 0.235. The van der Waals surface area contributed by atoms with Crippen LogP contribution < -0.4 is 4.90 Å². The Morgan fingerprint density at radius 3 is 2.64 bits per heavy atom. The second kappa shape index (κ2) is 6.61. The first-order chi connectivity index (χ1) is 11.8. The highest BCUT2D eigenvalue weighted by Gasteiger charge is 2.47. The summed E-state index contributed by atoms with van der Waals surface area (Å²) in [6.07, 6.45) is 0. The van der Waals surface area contributed by atoms with E-state index in [0.29, 0.717) is 10.6 Å². The van der Waals surface area contributed by atoms with Crippen molar-refractivity contribution >= 4 is 46.6 Å². The van der Waals surface area contributed by atoms with Crippen molar-refractivity contribution < 1.29 is 20.1 Å². The third-order valence-electron chi connectivity index (χ3n) is 4.18. The molecule has 0 aliphatic carbocycles.